The summed E-state index contributed by atoms with van der Waals surface area (Å²) in [4.78, 5) is 36.6. The Morgan fingerprint density at radius 3 is 2.55 bits per heavy atom. The van der Waals surface area contributed by atoms with Crippen molar-refractivity contribution in [1.82, 2.24) is 9.13 Å². The Kier molecular flexibility index (Phi) is 5.04. The molecular weight excluding hydrogens is 438 g/mol. The Morgan fingerprint density at radius 2 is 1.90 bits per heavy atom. The zero-order valence-corrected chi connectivity index (χ0v) is 17.4. The number of hydrogen-bond donors (Lipinski definition) is 2. The summed E-state index contributed by atoms with van der Waals surface area (Å²) in [6, 6.07) is 11.2. The topological polar surface area (TPSA) is 93.3 Å². The van der Waals surface area contributed by atoms with Gasteiger partial charge in [-0.3, -0.25) is 18.7 Å². The van der Waals surface area contributed by atoms with Crippen LogP contribution >= 0.6 is 15.9 Å². The summed E-state index contributed by atoms with van der Waals surface area (Å²) in [6.45, 7) is 2.22. The lowest BCUT2D eigenvalue weighted by Gasteiger charge is -2.11. The fraction of sp³-hybridized carbons (Fsp3) is 0.286. The minimum Gasteiger partial charge on any atom is -0.481 e. The number of nitrogens with zero attached hydrogens (tertiary/aromatic N) is 2. The van der Waals surface area contributed by atoms with Crippen molar-refractivity contribution < 1.29 is 14.7 Å². The van der Waals surface area contributed by atoms with Gasteiger partial charge < -0.3 is 10.4 Å². The van der Waals surface area contributed by atoms with Crippen LogP contribution in [0.25, 0.3) is 11.0 Å². The molecule has 1 aliphatic rings. The zero-order valence-electron chi connectivity index (χ0n) is 15.8. The number of halogens is 1. The highest BCUT2D eigenvalue weighted by molar-refractivity contribution is 9.10. The van der Waals surface area contributed by atoms with Crippen molar-refractivity contribution in [1.29, 1.82) is 0 Å². The van der Waals surface area contributed by atoms with Crippen LogP contribution in [0.4, 0.5) is 5.69 Å². The molecule has 2 heterocycles. The van der Waals surface area contributed by atoms with E-state index in [2.05, 4.69) is 21.2 Å². The Morgan fingerprint density at radius 1 is 1.21 bits per heavy atom. The van der Waals surface area contributed by atoms with Crippen molar-refractivity contribution in [3.8, 4) is 0 Å². The van der Waals surface area contributed by atoms with Crippen molar-refractivity contribution in [2.75, 3.05) is 5.32 Å². The number of benzene rings is 2. The Hall–Kier alpha value is -2.87. The first-order chi connectivity index (χ1) is 13.9. The van der Waals surface area contributed by atoms with Crippen molar-refractivity contribution in [3.05, 3.63) is 62.5 Å². The van der Waals surface area contributed by atoms with E-state index in [0.717, 1.165) is 26.8 Å². The lowest BCUT2D eigenvalue weighted by Crippen LogP contribution is -2.29. The van der Waals surface area contributed by atoms with Gasteiger partial charge in [-0.1, -0.05) is 35.0 Å². The van der Waals surface area contributed by atoms with Crippen LogP contribution in [0.2, 0.25) is 0 Å². The number of carboxylic acid groups (broad SMARTS) is 1. The molecule has 7 nitrogen and oxygen atoms in total. The lowest BCUT2D eigenvalue weighted by molar-refractivity contribution is -0.142. The fourth-order valence-corrected chi connectivity index (χ4v) is 4.39. The van der Waals surface area contributed by atoms with Crippen LogP contribution in [0.15, 0.2) is 45.7 Å². The quantitative estimate of drug-likeness (QED) is 0.594. The summed E-state index contributed by atoms with van der Waals surface area (Å²) in [5.41, 5.74) is 3.72. The number of amides is 1. The van der Waals surface area contributed by atoms with Gasteiger partial charge in [0.15, 0.2) is 0 Å². The van der Waals surface area contributed by atoms with Crippen molar-refractivity contribution in [3.63, 3.8) is 0 Å². The van der Waals surface area contributed by atoms with E-state index in [4.69, 9.17) is 0 Å². The normalized spacial score (nSPS) is 14.1. The number of aromatic nitrogens is 2. The summed E-state index contributed by atoms with van der Waals surface area (Å²) in [5.74, 6) is -1.61. The smallest absolute Gasteiger partial charge is 0.329 e. The number of anilines is 1. The van der Waals surface area contributed by atoms with Gasteiger partial charge in [0.2, 0.25) is 5.91 Å². The minimum absolute atomic E-state index is 0.0682. The molecule has 150 valence electrons. The Balaban J connectivity index is 1.83. The van der Waals surface area contributed by atoms with Crippen LogP contribution in [0.5, 0.6) is 0 Å². The molecule has 0 radical (unpaired) electrons. The molecule has 2 aromatic carbocycles. The van der Waals surface area contributed by atoms with E-state index >= 15 is 0 Å². The predicted octanol–water partition coefficient (Wildman–Crippen LogP) is 3.22. The van der Waals surface area contributed by atoms with Crippen molar-refractivity contribution in [2.24, 2.45) is 5.92 Å². The molecule has 0 saturated carbocycles. The van der Waals surface area contributed by atoms with Gasteiger partial charge in [-0.05, 0) is 41.8 Å². The van der Waals surface area contributed by atoms with Crippen LogP contribution < -0.4 is 11.0 Å². The number of nitrogens with one attached hydrogen (secondary N) is 1. The molecule has 1 aliphatic heterocycles. The molecule has 1 atom stereocenters. The molecule has 8 heteroatoms. The summed E-state index contributed by atoms with van der Waals surface area (Å²) >= 11 is 3.47. The first kappa shape index (κ1) is 19.4. The summed E-state index contributed by atoms with van der Waals surface area (Å²) in [5, 5.41) is 12.3. The van der Waals surface area contributed by atoms with Gasteiger partial charge in [0.1, 0.15) is 0 Å². The molecule has 2 N–H and O–H groups in total. The van der Waals surface area contributed by atoms with Gasteiger partial charge in [0, 0.05) is 16.7 Å². The minimum atomic E-state index is -0.911. The van der Waals surface area contributed by atoms with E-state index in [-0.39, 0.29) is 24.6 Å². The number of carbonyl (C=O) groups excluding carboxylic acids is 1. The van der Waals surface area contributed by atoms with E-state index in [0.29, 0.717) is 18.5 Å². The van der Waals surface area contributed by atoms with Crippen LogP contribution in [0.1, 0.15) is 24.5 Å². The fourth-order valence-electron chi connectivity index (χ4n) is 3.88. The molecule has 1 aromatic heterocycles. The van der Waals surface area contributed by atoms with E-state index in [1.807, 2.05) is 36.4 Å². The van der Waals surface area contributed by atoms with Crippen LogP contribution in [0.3, 0.4) is 0 Å². The molecular formula is C21H20BrN3O4. The number of carbonyl (C=O) groups is 2. The van der Waals surface area contributed by atoms with Crippen LogP contribution in [-0.2, 0) is 29.1 Å². The number of fused-ring (bicyclic) bond motifs is 2. The van der Waals surface area contributed by atoms with Gasteiger partial charge in [-0.15, -0.1) is 0 Å². The highest BCUT2D eigenvalue weighted by Crippen LogP contribution is 2.31. The van der Waals surface area contributed by atoms with Gasteiger partial charge >= 0.3 is 11.7 Å². The third-order valence-corrected chi connectivity index (χ3v) is 5.87. The number of rotatable bonds is 6. The average Bonchev–Trinajstić information content (AvgIpc) is 3.17. The second-order valence-corrected chi connectivity index (χ2v) is 8.14. The Labute approximate surface area is 175 Å². The van der Waals surface area contributed by atoms with Crippen LogP contribution in [-0.4, -0.2) is 26.1 Å². The molecule has 1 unspecified atom stereocenters. The van der Waals surface area contributed by atoms with E-state index < -0.39 is 11.9 Å². The van der Waals surface area contributed by atoms with Crippen LogP contribution in [0, 0.1) is 5.92 Å². The third-order valence-electron chi connectivity index (χ3n) is 5.42. The molecule has 1 amide bonds. The third kappa shape index (κ3) is 3.48. The molecule has 4 rings (SSSR count). The maximum absolute atomic E-state index is 13.3. The van der Waals surface area contributed by atoms with Gasteiger partial charge in [0.05, 0.1) is 29.9 Å². The van der Waals surface area contributed by atoms with E-state index in [9.17, 15) is 19.5 Å². The highest BCUT2D eigenvalue weighted by Gasteiger charge is 2.24. The number of aliphatic carboxylic acids is 1. The number of carboxylic acids is 1. The summed E-state index contributed by atoms with van der Waals surface area (Å²) < 4.78 is 4.01. The molecule has 3 aromatic rings. The monoisotopic (exact) mass is 457 g/mol. The molecule has 0 fully saturated rings. The predicted molar refractivity (Wildman–Crippen MR) is 113 cm³/mol. The number of imidazole rings is 1. The standard InChI is InChI=1S/C21H20BrN3O4/c1-2-12(20(27)28)10-24-17-5-3-4-6-18(17)25(21(24)29)11-13-7-14(22)8-16-15(13)9-19(26)23-16/h3-8,12H,2,9-11H2,1H3,(H,23,26)(H,27,28). The second kappa shape index (κ2) is 7.51. The maximum Gasteiger partial charge on any atom is 0.329 e. The van der Waals surface area contributed by atoms with Gasteiger partial charge in [0.25, 0.3) is 0 Å². The molecule has 0 saturated heterocycles. The number of para-hydroxylation sites is 2. The van der Waals surface area contributed by atoms with E-state index in [1.165, 1.54) is 0 Å². The van der Waals surface area contributed by atoms with Crippen molar-refractivity contribution in [2.45, 2.75) is 32.9 Å². The molecule has 0 spiro atoms. The lowest BCUT2D eigenvalue weighted by atomic mass is 10.0. The van der Waals surface area contributed by atoms with Gasteiger partial charge in [-0.2, -0.15) is 0 Å². The summed E-state index contributed by atoms with van der Waals surface area (Å²) in [6.07, 6.45) is 0.719. The van der Waals surface area contributed by atoms with Gasteiger partial charge in [-0.25, -0.2) is 4.79 Å². The first-order valence-electron chi connectivity index (χ1n) is 9.41. The SMILES string of the molecule is CCC(Cn1c(=O)n(Cc2cc(Br)cc3c2CC(=O)N3)c2ccccc21)C(=O)O. The Bertz CT molecular complexity index is 1190. The molecule has 0 bridgehead atoms. The maximum atomic E-state index is 13.3. The second-order valence-electron chi connectivity index (χ2n) is 7.23. The highest BCUT2D eigenvalue weighted by atomic mass is 79.9. The average molecular weight is 458 g/mol. The molecule has 0 aliphatic carbocycles. The van der Waals surface area contributed by atoms with Crippen molar-refractivity contribution >= 4 is 44.5 Å². The first-order valence-corrected chi connectivity index (χ1v) is 10.2. The number of hydrogen-bond acceptors (Lipinski definition) is 3. The largest absolute Gasteiger partial charge is 0.481 e. The zero-order chi connectivity index (χ0) is 20.7. The van der Waals surface area contributed by atoms with E-state index in [1.54, 1.807) is 16.1 Å². The summed E-state index contributed by atoms with van der Waals surface area (Å²) in [7, 11) is 0. The molecule has 29 heavy (non-hydrogen) atoms.